The highest BCUT2D eigenvalue weighted by Gasteiger charge is 2.44. The van der Waals surface area contributed by atoms with Crippen molar-refractivity contribution in [1.29, 1.82) is 0 Å². The summed E-state index contributed by atoms with van der Waals surface area (Å²) in [5.41, 5.74) is 0. The van der Waals surface area contributed by atoms with Crippen molar-refractivity contribution in [1.82, 2.24) is 0 Å². The fourth-order valence-electron chi connectivity index (χ4n) is 6.00. The number of esters is 2. The summed E-state index contributed by atoms with van der Waals surface area (Å²) in [5.74, 6) is -0.848. The Balaban J connectivity index is 2.38. The smallest absolute Gasteiger partial charge is 0.306 e. The molecule has 4 N–H and O–H groups in total. The van der Waals surface area contributed by atoms with Crippen molar-refractivity contribution in [3.05, 3.63) is 60.8 Å². The predicted molar refractivity (Wildman–Crippen MR) is 219 cm³/mol. The maximum atomic E-state index is 12.7. The van der Waals surface area contributed by atoms with Crippen LogP contribution < -0.4 is 0 Å². The molecule has 1 aliphatic heterocycles. The molecular weight excluding hydrogens is 700 g/mol. The Morgan fingerprint density at radius 1 is 0.582 bits per heavy atom. The molecule has 1 saturated heterocycles. The first-order valence-electron chi connectivity index (χ1n) is 21.4. The van der Waals surface area contributed by atoms with E-state index >= 15 is 0 Å². The third-order valence-corrected chi connectivity index (χ3v) is 9.39. The van der Waals surface area contributed by atoms with Gasteiger partial charge in [-0.05, 0) is 77.0 Å². The zero-order valence-corrected chi connectivity index (χ0v) is 34.2. The summed E-state index contributed by atoms with van der Waals surface area (Å²) in [6.07, 6.45) is 35.1. The average molecular weight is 777 g/mol. The largest absolute Gasteiger partial charge is 0.462 e. The van der Waals surface area contributed by atoms with Gasteiger partial charge < -0.3 is 39.4 Å². The summed E-state index contributed by atoms with van der Waals surface area (Å²) in [7, 11) is 0. The highest BCUT2D eigenvalue weighted by atomic mass is 16.7. The summed E-state index contributed by atoms with van der Waals surface area (Å²) >= 11 is 0. The van der Waals surface area contributed by atoms with Crippen LogP contribution in [0, 0.1) is 0 Å². The van der Waals surface area contributed by atoms with Gasteiger partial charge in [-0.1, -0.05) is 126 Å². The van der Waals surface area contributed by atoms with Gasteiger partial charge in [-0.3, -0.25) is 9.59 Å². The van der Waals surface area contributed by atoms with E-state index in [-0.39, 0.29) is 26.1 Å². The second-order valence-corrected chi connectivity index (χ2v) is 14.4. The molecule has 55 heavy (non-hydrogen) atoms. The molecule has 1 fully saturated rings. The zero-order valence-electron chi connectivity index (χ0n) is 34.2. The van der Waals surface area contributed by atoms with Crippen molar-refractivity contribution < 1.29 is 49.0 Å². The van der Waals surface area contributed by atoms with E-state index in [1.807, 2.05) is 0 Å². The van der Waals surface area contributed by atoms with Crippen LogP contribution in [0.4, 0.5) is 0 Å². The van der Waals surface area contributed by atoms with Gasteiger partial charge in [0.1, 0.15) is 31.0 Å². The molecule has 10 nitrogen and oxygen atoms in total. The number of unbranched alkanes of at least 4 members (excludes halogenated alkanes) is 13. The lowest BCUT2D eigenvalue weighted by Crippen LogP contribution is -2.59. The molecule has 0 radical (unpaired) electrons. The number of carbonyl (C=O) groups excluding carboxylic acids is 2. The van der Waals surface area contributed by atoms with Crippen LogP contribution >= 0.6 is 0 Å². The molecule has 10 heteroatoms. The topological polar surface area (TPSA) is 152 Å². The molecular formula is C45H76O10. The molecule has 316 valence electrons. The van der Waals surface area contributed by atoms with E-state index in [2.05, 4.69) is 74.6 Å². The molecule has 0 aromatic carbocycles. The third-order valence-electron chi connectivity index (χ3n) is 9.39. The highest BCUT2D eigenvalue weighted by molar-refractivity contribution is 5.70. The molecule has 0 aromatic rings. The van der Waals surface area contributed by atoms with Crippen LogP contribution in [0.3, 0.4) is 0 Å². The summed E-state index contributed by atoms with van der Waals surface area (Å²) in [5, 5.41) is 40.0. The van der Waals surface area contributed by atoms with Crippen molar-refractivity contribution in [2.75, 3.05) is 19.8 Å². The minimum atomic E-state index is -1.60. The Hall–Kier alpha value is -2.60. The van der Waals surface area contributed by atoms with Gasteiger partial charge in [-0.2, -0.15) is 0 Å². The summed E-state index contributed by atoms with van der Waals surface area (Å²) in [4.78, 5) is 25.3. The van der Waals surface area contributed by atoms with Gasteiger partial charge in [-0.15, -0.1) is 0 Å². The van der Waals surface area contributed by atoms with Crippen molar-refractivity contribution in [3.63, 3.8) is 0 Å². The Labute approximate surface area is 332 Å². The SMILES string of the molecule is CC/C=C/C/C=C/C/C=C/CCCCCCCC(=O)O[C@H](COC(=O)CCCCCCC/C=C/C/C=C/CCCCC)CO[C@@H]1O[C@H](CO)[C@H](O)[C@H](O)[C@H]1O. The normalized spacial score (nSPS) is 21.2. The standard InChI is InChI=1S/C45H76O10/c1-3-5-7-9-11-13-15-17-19-21-23-25-27-29-31-33-40(47)52-36-38(37-53-45-44(51)43(50)42(49)39(35-46)55-45)54-41(48)34-32-30-28-26-24-22-20-18-16-14-12-10-8-6-4-2/h6,8,11-14,17-20,38-39,42-46,49-51H,3-5,7,9-10,15-16,21-37H2,1-2H3/b8-6+,13-11+,14-12+,19-17+,20-18+/t38-,39-,42+,43+,44-,45-/m1/s1. The van der Waals surface area contributed by atoms with Crippen molar-refractivity contribution in [3.8, 4) is 0 Å². The summed E-state index contributed by atoms with van der Waals surface area (Å²) in [6.45, 7) is 3.23. The second kappa shape index (κ2) is 35.8. The highest BCUT2D eigenvalue weighted by Crippen LogP contribution is 2.22. The Morgan fingerprint density at radius 3 is 1.62 bits per heavy atom. The van der Waals surface area contributed by atoms with E-state index in [0.29, 0.717) is 12.8 Å². The van der Waals surface area contributed by atoms with Gasteiger partial charge in [-0.25, -0.2) is 0 Å². The fraction of sp³-hybridized carbons (Fsp3) is 0.733. The monoisotopic (exact) mass is 777 g/mol. The van der Waals surface area contributed by atoms with E-state index in [9.17, 15) is 30.0 Å². The molecule has 1 rings (SSSR count). The predicted octanol–water partition coefficient (Wildman–Crippen LogP) is 8.66. The quantitative estimate of drug-likeness (QED) is 0.0284. The third kappa shape index (κ3) is 27.6. The molecule has 6 atom stereocenters. The van der Waals surface area contributed by atoms with Crippen LogP contribution in [0.15, 0.2) is 60.8 Å². The molecule has 0 spiro atoms. The van der Waals surface area contributed by atoms with Crippen LogP contribution in [-0.4, -0.2) is 89.0 Å². The fourth-order valence-corrected chi connectivity index (χ4v) is 6.00. The molecule has 1 aliphatic rings. The number of hydrogen-bond acceptors (Lipinski definition) is 10. The lowest BCUT2D eigenvalue weighted by atomic mass is 9.99. The Bertz CT molecular complexity index is 1080. The number of aliphatic hydroxyl groups is 4. The number of hydrogen-bond donors (Lipinski definition) is 4. The van der Waals surface area contributed by atoms with Gasteiger partial charge >= 0.3 is 11.9 Å². The lowest BCUT2D eigenvalue weighted by Gasteiger charge is -2.39. The van der Waals surface area contributed by atoms with Gasteiger partial charge in [0, 0.05) is 12.8 Å². The maximum Gasteiger partial charge on any atom is 0.306 e. The first kappa shape index (κ1) is 50.4. The molecule has 0 unspecified atom stereocenters. The average Bonchev–Trinajstić information content (AvgIpc) is 3.18. The van der Waals surface area contributed by atoms with Gasteiger partial charge in [0.15, 0.2) is 12.4 Å². The van der Waals surface area contributed by atoms with Crippen molar-refractivity contribution in [2.45, 2.75) is 192 Å². The van der Waals surface area contributed by atoms with Gasteiger partial charge in [0.25, 0.3) is 0 Å². The van der Waals surface area contributed by atoms with Gasteiger partial charge in [0.2, 0.25) is 0 Å². The minimum Gasteiger partial charge on any atom is -0.462 e. The van der Waals surface area contributed by atoms with Crippen molar-refractivity contribution >= 4 is 11.9 Å². The Morgan fingerprint density at radius 2 is 1.07 bits per heavy atom. The molecule has 1 heterocycles. The molecule has 0 amide bonds. The van der Waals surface area contributed by atoms with Crippen LogP contribution in [0.1, 0.15) is 155 Å². The van der Waals surface area contributed by atoms with Crippen LogP contribution in [0.5, 0.6) is 0 Å². The van der Waals surface area contributed by atoms with Crippen LogP contribution in [0.2, 0.25) is 0 Å². The van der Waals surface area contributed by atoms with Crippen LogP contribution in [0.25, 0.3) is 0 Å². The Kier molecular flexibility index (Phi) is 32.8. The van der Waals surface area contributed by atoms with Crippen LogP contribution in [-0.2, 0) is 28.5 Å². The maximum absolute atomic E-state index is 12.7. The molecule has 0 saturated carbocycles. The molecule has 0 aromatic heterocycles. The van der Waals surface area contributed by atoms with E-state index in [0.717, 1.165) is 89.9 Å². The molecule has 0 aliphatic carbocycles. The first-order chi connectivity index (χ1) is 26.8. The zero-order chi connectivity index (χ0) is 40.2. The van der Waals surface area contributed by atoms with E-state index in [4.69, 9.17) is 18.9 Å². The summed E-state index contributed by atoms with van der Waals surface area (Å²) < 4.78 is 22.1. The van der Waals surface area contributed by atoms with E-state index in [1.54, 1.807) is 0 Å². The number of aliphatic hydroxyl groups excluding tert-OH is 4. The minimum absolute atomic E-state index is 0.205. The first-order valence-corrected chi connectivity index (χ1v) is 21.4. The summed E-state index contributed by atoms with van der Waals surface area (Å²) in [6, 6.07) is 0. The molecule has 0 bridgehead atoms. The van der Waals surface area contributed by atoms with E-state index < -0.39 is 55.4 Å². The van der Waals surface area contributed by atoms with Crippen molar-refractivity contribution in [2.24, 2.45) is 0 Å². The van der Waals surface area contributed by atoms with Gasteiger partial charge in [0.05, 0.1) is 13.2 Å². The number of ether oxygens (including phenoxy) is 4. The second-order valence-electron chi connectivity index (χ2n) is 14.4. The number of carbonyl (C=O) groups is 2. The lowest BCUT2D eigenvalue weighted by molar-refractivity contribution is -0.305. The number of allylic oxidation sites excluding steroid dienone is 10. The number of rotatable bonds is 34. The van der Waals surface area contributed by atoms with E-state index in [1.165, 1.54) is 25.7 Å².